The number of aromatic nitrogens is 4. The Bertz CT molecular complexity index is 1560. The molecule has 5 rings (SSSR count). The normalized spacial score (nSPS) is 10.8. The summed E-state index contributed by atoms with van der Waals surface area (Å²) < 4.78 is 8.33. The monoisotopic (exact) mass is 559 g/mol. The molecular weight excluding hydrogens is 538 g/mol. The lowest BCUT2D eigenvalue weighted by Gasteiger charge is -2.14. The van der Waals surface area contributed by atoms with E-state index >= 15 is 0 Å². The number of hydrogen-bond acceptors (Lipinski definition) is 6. The van der Waals surface area contributed by atoms with Crippen molar-refractivity contribution in [2.24, 2.45) is 7.05 Å². The Balaban J connectivity index is 1.43. The second-order valence-electron chi connectivity index (χ2n) is 7.93. The van der Waals surface area contributed by atoms with Gasteiger partial charge >= 0.3 is 0 Å². The molecule has 0 radical (unpaired) electrons. The van der Waals surface area contributed by atoms with Crippen LogP contribution >= 0.6 is 28.1 Å². The van der Waals surface area contributed by atoms with Crippen LogP contribution in [0.3, 0.4) is 0 Å². The Morgan fingerprint density at radius 3 is 2.67 bits per heavy atom. The van der Waals surface area contributed by atoms with Gasteiger partial charge in [-0.25, -0.2) is 9.97 Å². The second-order valence-corrected chi connectivity index (χ2v) is 9.25. The van der Waals surface area contributed by atoms with E-state index in [0.29, 0.717) is 22.5 Å². The highest BCUT2D eigenvalue weighted by Crippen LogP contribution is 2.30. The van der Waals surface area contributed by atoms with E-state index in [-0.39, 0.29) is 0 Å². The van der Waals surface area contributed by atoms with Crippen molar-refractivity contribution in [1.29, 1.82) is 0 Å². The maximum atomic E-state index is 5.55. The predicted octanol–water partition coefficient (Wildman–Crippen LogP) is 6.35. The quantitative estimate of drug-likeness (QED) is 0.207. The van der Waals surface area contributed by atoms with Gasteiger partial charge in [-0.2, -0.15) is 0 Å². The molecule has 0 saturated carbocycles. The number of fused-ring (bicyclic) bond motifs is 1. The van der Waals surface area contributed by atoms with E-state index in [2.05, 4.69) is 36.9 Å². The van der Waals surface area contributed by atoms with E-state index < -0.39 is 0 Å². The molecule has 180 valence electrons. The van der Waals surface area contributed by atoms with E-state index in [1.807, 2.05) is 78.5 Å². The molecule has 0 bridgehead atoms. The highest BCUT2D eigenvalue weighted by atomic mass is 79.9. The Morgan fingerprint density at radius 1 is 1.00 bits per heavy atom. The van der Waals surface area contributed by atoms with Crippen molar-refractivity contribution in [2.45, 2.75) is 0 Å². The van der Waals surface area contributed by atoms with E-state index in [1.165, 1.54) is 0 Å². The molecule has 0 unspecified atom stereocenters. The lowest BCUT2D eigenvalue weighted by molar-refractivity contribution is 0.417. The number of nitrogens with zero attached hydrogens (tertiary/aromatic N) is 4. The van der Waals surface area contributed by atoms with Crippen LogP contribution in [-0.2, 0) is 7.05 Å². The molecule has 3 aromatic heterocycles. The van der Waals surface area contributed by atoms with Crippen molar-refractivity contribution in [2.75, 3.05) is 23.1 Å². The zero-order valence-electron chi connectivity index (χ0n) is 19.5. The van der Waals surface area contributed by atoms with Crippen LogP contribution in [0.25, 0.3) is 22.4 Å². The van der Waals surface area contributed by atoms with Crippen molar-refractivity contribution in [1.82, 2.24) is 19.5 Å². The summed E-state index contributed by atoms with van der Waals surface area (Å²) in [6, 6.07) is 19.3. The number of hydrogen-bond donors (Lipinski definition) is 3. The minimum atomic E-state index is 0.432. The van der Waals surface area contributed by atoms with E-state index in [1.54, 1.807) is 19.5 Å². The van der Waals surface area contributed by atoms with Gasteiger partial charge in [-0.15, -0.1) is 0 Å². The number of ether oxygens (including phenoxy) is 1. The van der Waals surface area contributed by atoms with Crippen LogP contribution in [-0.4, -0.2) is 31.7 Å². The minimum Gasteiger partial charge on any atom is -0.495 e. The fourth-order valence-corrected chi connectivity index (χ4v) is 4.37. The molecule has 3 heterocycles. The first kappa shape index (κ1) is 23.7. The van der Waals surface area contributed by atoms with Gasteiger partial charge in [-0.3, -0.25) is 4.98 Å². The minimum absolute atomic E-state index is 0.432. The van der Waals surface area contributed by atoms with Gasteiger partial charge in [0.25, 0.3) is 0 Å². The number of nitrogens with one attached hydrogen (secondary N) is 3. The number of methoxy groups -OCH3 is 1. The number of halogens is 1. The third-order valence-electron chi connectivity index (χ3n) is 5.43. The van der Waals surface area contributed by atoms with Crippen LogP contribution in [0.15, 0.2) is 83.7 Å². The maximum Gasteiger partial charge on any atom is 0.175 e. The van der Waals surface area contributed by atoms with Gasteiger partial charge in [-0.1, -0.05) is 28.1 Å². The van der Waals surface area contributed by atoms with E-state index in [4.69, 9.17) is 26.9 Å². The van der Waals surface area contributed by atoms with Crippen LogP contribution in [0.4, 0.5) is 22.9 Å². The topological polar surface area (TPSA) is 88.9 Å². The van der Waals surface area contributed by atoms with Gasteiger partial charge in [0.15, 0.2) is 16.8 Å². The van der Waals surface area contributed by atoms with Crippen LogP contribution in [0.5, 0.6) is 5.75 Å². The molecule has 0 aliphatic rings. The lowest BCUT2D eigenvalue weighted by Crippen LogP contribution is -2.19. The van der Waals surface area contributed by atoms with Crippen LogP contribution in [0, 0.1) is 0 Å². The summed E-state index contributed by atoms with van der Waals surface area (Å²) in [6.45, 7) is 0. The molecular formula is C26H22BrN7OS. The van der Waals surface area contributed by atoms with Crippen molar-refractivity contribution in [3.8, 4) is 17.1 Å². The van der Waals surface area contributed by atoms with Gasteiger partial charge in [0, 0.05) is 35.2 Å². The summed E-state index contributed by atoms with van der Waals surface area (Å²) in [5.74, 6) is 1.98. The van der Waals surface area contributed by atoms with Crippen molar-refractivity contribution >= 4 is 67.2 Å². The Morgan fingerprint density at radius 2 is 1.86 bits per heavy atom. The van der Waals surface area contributed by atoms with Crippen LogP contribution in [0.1, 0.15) is 0 Å². The van der Waals surface area contributed by atoms with Gasteiger partial charge in [0.05, 0.1) is 30.2 Å². The molecule has 0 saturated heterocycles. The van der Waals surface area contributed by atoms with Gasteiger partial charge < -0.3 is 25.3 Å². The molecule has 0 amide bonds. The fraction of sp³-hybridized carbons (Fsp3) is 0.0769. The Kier molecular flexibility index (Phi) is 6.79. The van der Waals surface area contributed by atoms with E-state index in [9.17, 15) is 0 Å². The number of thiocarbonyl (C=S) groups is 1. The Labute approximate surface area is 221 Å². The van der Waals surface area contributed by atoms with Crippen LogP contribution < -0.4 is 20.7 Å². The number of pyridine rings is 1. The standard InChI is InChI=1S/C26H22BrN7OS/c1-34-12-10-20-23(34)25(29-19-7-4-11-28-15-19)33-24(31-20)16-5-3-6-18(13-16)30-26(36)32-21-14-17(27)8-9-22(21)35-2/h3-15H,1-2H3,(H,29,31,33)(H2,30,32,36). The van der Waals surface area contributed by atoms with Gasteiger partial charge in [-0.05, 0) is 60.7 Å². The molecule has 0 spiro atoms. The average molecular weight is 560 g/mol. The average Bonchev–Trinajstić information content (AvgIpc) is 3.26. The van der Waals surface area contributed by atoms with E-state index in [0.717, 1.165) is 38.1 Å². The third-order valence-corrected chi connectivity index (χ3v) is 6.13. The molecule has 8 nitrogen and oxygen atoms in total. The smallest absolute Gasteiger partial charge is 0.175 e. The summed E-state index contributed by atoms with van der Waals surface area (Å²) in [7, 11) is 3.59. The molecule has 10 heteroatoms. The third kappa shape index (κ3) is 5.14. The maximum absolute atomic E-state index is 5.55. The predicted molar refractivity (Wildman–Crippen MR) is 152 cm³/mol. The van der Waals surface area contributed by atoms with Crippen molar-refractivity contribution in [3.63, 3.8) is 0 Å². The first-order chi connectivity index (χ1) is 17.5. The summed E-state index contributed by atoms with van der Waals surface area (Å²) >= 11 is 9.03. The zero-order valence-corrected chi connectivity index (χ0v) is 21.9. The molecule has 36 heavy (non-hydrogen) atoms. The number of anilines is 4. The largest absolute Gasteiger partial charge is 0.495 e. The highest BCUT2D eigenvalue weighted by Gasteiger charge is 2.14. The summed E-state index contributed by atoms with van der Waals surface area (Å²) in [6.07, 6.45) is 5.46. The number of aryl methyl sites for hydroxylation is 1. The van der Waals surface area contributed by atoms with Crippen molar-refractivity contribution in [3.05, 3.63) is 83.7 Å². The lowest BCUT2D eigenvalue weighted by atomic mass is 10.2. The first-order valence-corrected chi connectivity index (χ1v) is 12.2. The van der Waals surface area contributed by atoms with Gasteiger partial charge in [0.2, 0.25) is 0 Å². The molecule has 0 aliphatic carbocycles. The molecule has 2 aromatic carbocycles. The zero-order chi connectivity index (χ0) is 25.1. The number of benzene rings is 2. The first-order valence-electron chi connectivity index (χ1n) is 11.0. The number of rotatable bonds is 6. The molecule has 5 aromatic rings. The van der Waals surface area contributed by atoms with Crippen LogP contribution in [0.2, 0.25) is 0 Å². The molecule has 0 aliphatic heterocycles. The van der Waals surface area contributed by atoms with Crippen molar-refractivity contribution < 1.29 is 4.74 Å². The molecule has 3 N–H and O–H groups in total. The highest BCUT2D eigenvalue weighted by molar-refractivity contribution is 9.10. The summed E-state index contributed by atoms with van der Waals surface area (Å²) in [5.41, 5.74) is 5.00. The molecule has 0 atom stereocenters. The summed E-state index contributed by atoms with van der Waals surface area (Å²) in [5, 5.41) is 10.2. The SMILES string of the molecule is COc1ccc(Br)cc1NC(=S)Nc1cccc(-c2nc(Nc3cccnc3)c3c(ccn3C)n2)c1. The second kappa shape index (κ2) is 10.3. The Hall–Kier alpha value is -4.02. The fourth-order valence-electron chi connectivity index (χ4n) is 3.78. The summed E-state index contributed by atoms with van der Waals surface area (Å²) in [4.78, 5) is 13.8. The molecule has 0 fully saturated rings. The van der Waals surface area contributed by atoms with Gasteiger partial charge in [0.1, 0.15) is 11.3 Å².